The lowest BCUT2D eigenvalue weighted by atomic mass is 9.85. The first-order chi connectivity index (χ1) is 14.8. The number of hydrogen-bond donors (Lipinski definition) is 3. The van der Waals surface area contributed by atoms with E-state index in [-0.39, 0.29) is 6.61 Å². The van der Waals surface area contributed by atoms with E-state index >= 15 is 0 Å². The van der Waals surface area contributed by atoms with Crippen molar-refractivity contribution >= 4 is 11.3 Å². The van der Waals surface area contributed by atoms with Gasteiger partial charge >= 0.3 is 0 Å². The van der Waals surface area contributed by atoms with E-state index in [2.05, 4.69) is 29.9 Å². The summed E-state index contributed by atoms with van der Waals surface area (Å²) in [5, 5.41) is 15.5. The molecule has 5 N–H and O–H groups in total. The molecule has 1 saturated heterocycles. The lowest BCUT2D eigenvalue weighted by molar-refractivity contribution is 0.158. The van der Waals surface area contributed by atoms with Crippen molar-refractivity contribution in [2.45, 2.75) is 65.0 Å². The Bertz CT molecular complexity index is 889. The zero-order chi connectivity index (χ0) is 22.5. The van der Waals surface area contributed by atoms with Crippen LogP contribution in [0.5, 0.6) is 0 Å². The summed E-state index contributed by atoms with van der Waals surface area (Å²) in [4.78, 5) is 5.24. The smallest absolute Gasteiger partial charge is 0.0644 e. The molecule has 7 nitrogen and oxygen atoms in total. The van der Waals surface area contributed by atoms with Crippen molar-refractivity contribution in [1.82, 2.24) is 19.7 Å². The van der Waals surface area contributed by atoms with Crippen molar-refractivity contribution in [1.29, 1.82) is 0 Å². The third kappa shape index (κ3) is 6.10. The minimum atomic E-state index is 0.223. The van der Waals surface area contributed by atoms with Crippen LogP contribution in [0.1, 0.15) is 59.2 Å². The molecule has 1 fully saturated rings. The number of piperidine rings is 1. The number of nitrogens with two attached hydrogens (primary N) is 2. The Morgan fingerprint density at radius 1 is 1.45 bits per heavy atom. The quantitative estimate of drug-likeness (QED) is 0.405. The van der Waals surface area contributed by atoms with Gasteiger partial charge in [-0.2, -0.15) is 5.10 Å². The van der Waals surface area contributed by atoms with Gasteiger partial charge in [0.15, 0.2) is 0 Å². The van der Waals surface area contributed by atoms with Crippen molar-refractivity contribution in [2.24, 2.45) is 18.6 Å². The highest BCUT2D eigenvalue weighted by atomic mass is 32.1. The van der Waals surface area contributed by atoms with Gasteiger partial charge in [0.25, 0.3) is 0 Å². The van der Waals surface area contributed by atoms with Gasteiger partial charge in [-0.1, -0.05) is 6.92 Å². The topological polar surface area (TPSA) is 96.6 Å². The van der Waals surface area contributed by atoms with E-state index in [1.165, 1.54) is 15.3 Å². The number of aryl methyl sites for hydroxylation is 3. The lowest BCUT2D eigenvalue weighted by Crippen LogP contribution is -2.42. The normalized spacial score (nSPS) is 20.4. The SMILES string of the molecule is CCc1cc(C2CCN(C/C(N)=C/N(N)Cc3cn(C)nc3C)C(C)C2)c(CCO)s1. The second kappa shape index (κ2) is 10.6. The molecule has 1 aliphatic rings. The zero-order valence-corrected chi connectivity index (χ0v) is 20.2. The van der Waals surface area contributed by atoms with E-state index < -0.39 is 0 Å². The van der Waals surface area contributed by atoms with Gasteiger partial charge < -0.3 is 15.8 Å². The van der Waals surface area contributed by atoms with E-state index in [4.69, 9.17) is 11.6 Å². The van der Waals surface area contributed by atoms with Gasteiger partial charge in [0, 0.05) is 66.1 Å². The number of aliphatic hydroxyl groups excluding tert-OH is 1. The van der Waals surface area contributed by atoms with Gasteiger partial charge in [-0.05, 0) is 57.2 Å². The first-order valence-corrected chi connectivity index (χ1v) is 12.0. The van der Waals surface area contributed by atoms with Crippen LogP contribution in [0, 0.1) is 6.92 Å². The maximum absolute atomic E-state index is 9.46. The molecule has 2 aromatic heterocycles. The average molecular weight is 447 g/mol. The minimum Gasteiger partial charge on any atom is -0.400 e. The van der Waals surface area contributed by atoms with Crippen LogP contribution in [0.2, 0.25) is 0 Å². The monoisotopic (exact) mass is 446 g/mol. The summed E-state index contributed by atoms with van der Waals surface area (Å²) in [7, 11) is 1.92. The molecule has 3 heterocycles. The number of likely N-dealkylation sites (tertiary alicyclic amines) is 1. The number of thiophene rings is 1. The second-order valence-corrected chi connectivity index (χ2v) is 9.97. The number of aromatic nitrogens is 2. The Morgan fingerprint density at radius 3 is 2.84 bits per heavy atom. The largest absolute Gasteiger partial charge is 0.400 e. The molecule has 0 aliphatic carbocycles. The van der Waals surface area contributed by atoms with Crippen LogP contribution >= 0.6 is 11.3 Å². The summed E-state index contributed by atoms with van der Waals surface area (Å²) in [5.74, 6) is 6.75. The van der Waals surface area contributed by atoms with Crippen molar-refractivity contribution in [3.8, 4) is 0 Å². The van der Waals surface area contributed by atoms with E-state index in [0.717, 1.165) is 55.7 Å². The maximum atomic E-state index is 9.46. The molecule has 8 heteroatoms. The standard InChI is InChI=1S/C23H38N6OS/c1-5-21-11-22(23(31-21)7-9-30)18-6-8-28(16(2)10-18)14-20(24)15-29(25)13-19-12-27(4)26-17(19)3/h11-12,15-16,18,30H,5-10,13-14,24-25H2,1-4H3/b20-15-. The van der Waals surface area contributed by atoms with Crippen LogP contribution in [0.3, 0.4) is 0 Å². The van der Waals surface area contributed by atoms with Crippen LogP contribution in [0.15, 0.2) is 24.2 Å². The molecule has 0 spiro atoms. The van der Waals surface area contributed by atoms with Gasteiger partial charge in [0.05, 0.1) is 12.2 Å². The van der Waals surface area contributed by atoms with Gasteiger partial charge in [-0.3, -0.25) is 9.58 Å². The minimum absolute atomic E-state index is 0.223. The number of hydrogen-bond acceptors (Lipinski definition) is 7. The van der Waals surface area contributed by atoms with Crippen LogP contribution in [-0.4, -0.2) is 50.5 Å². The summed E-state index contributed by atoms with van der Waals surface area (Å²) in [6.07, 6.45) is 7.91. The lowest BCUT2D eigenvalue weighted by Gasteiger charge is -2.38. The Balaban J connectivity index is 1.58. The number of aliphatic hydroxyl groups is 1. The van der Waals surface area contributed by atoms with Crippen molar-refractivity contribution in [3.63, 3.8) is 0 Å². The molecule has 2 unspecified atom stereocenters. The molecule has 0 saturated carbocycles. The zero-order valence-electron chi connectivity index (χ0n) is 19.3. The van der Waals surface area contributed by atoms with Crippen molar-refractivity contribution in [2.75, 3.05) is 19.7 Å². The molecule has 0 amide bonds. The predicted octanol–water partition coefficient (Wildman–Crippen LogP) is 2.63. The molecule has 3 rings (SSSR count). The van der Waals surface area contributed by atoms with Crippen LogP contribution < -0.4 is 11.6 Å². The summed E-state index contributed by atoms with van der Waals surface area (Å²) < 4.78 is 1.81. The maximum Gasteiger partial charge on any atom is 0.0644 e. The summed E-state index contributed by atoms with van der Waals surface area (Å²) in [6.45, 7) is 9.03. The van der Waals surface area contributed by atoms with Crippen LogP contribution in [0.4, 0.5) is 0 Å². The molecule has 0 radical (unpaired) electrons. The number of rotatable bonds is 9. The van der Waals surface area contributed by atoms with Crippen molar-refractivity contribution in [3.05, 3.63) is 50.7 Å². The molecule has 0 bridgehead atoms. The fraction of sp³-hybridized carbons (Fsp3) is 0.609. The van der Waals surface area contributed by atoms with Crippen LogP contribution in [0.25, 0.3) is 0 Å². The third-order valence-electron chi connectivity index (χ3n) is 6.22. The Hall–Kier alpha value is -1.87. The summed E-state index contributed by atoms with van der Waals surface area (Å²) >= 11 is 1.87. The van der Waals surface area contributed by atoms with Crippen molar-refractivity contribution < 1.29 is 5.11 Å². The first-order valence-electron chi connectivity index (χ1n) is 11.2. The molecular formula is C23H38N6OS. The highest BCUT2D eigenvalue weighted by molar-refractivity contribution is 7.12. The number of nitrogens with zero attached hydrogens (tertiary/aromatic N) is 4. The molecule has 2 atom stereocenters. The molecule has 1 aliphatic heterocycles. The first kappa shape index (κ1) is 23.8. The van der Waals surface area contributed by atoms with Gasteiger partial charge in [0.2, 0.25) is 0 Å². The van der Waals surface area contributed by atoms with Gasteiger partial charge in [-0.15, -0.1) is 11.3 Å². The fourth-order valence-electron chi connectivity index (χ4n) is 4.59. The predicted molar refractivity (Wildman–Crippen MR) is 127 cm³/mol. The van der Waals surface area contributed by atoms with E-state index in [0.29, 0.717) is 18.5 Å². The highest BCUT2D eigenvalue weighted by Crippen LogP contribution is 2.37. The summed E-state index contributed by atoms with van der Waals surface area (Å²) in [6, 6.07) is 2.83. The Kier molecular flexibility index (Phi) is 8.16. The molecular weight excluding hydrogens is 408 g/mol. The molecule has 2 aromatic rings. The second-order valence-electron chi connectivity index (χ2n) is 8.75. The Morgan fingerprint density at radius 2 is 2.23 bits per heavy atom. The molecule has 31 heavy (non-hydrogen) atoms. The third-order valence-corrected chi connectivity index (χ3v) is 7.57. The number of hydrazine groups is 1. The van der Waals surface area contributed by atoms with E-state index in [1.807, 2.05) is 37.7 Å². The highest BCUT2D eigenvalue weighted by Gasteiger charge is 2.28. The van der Waals surface area contributed by atoms with Crippen LogP contribution in [-0.2, 0) is 26.4 Å². The van der Waals surface area contributed by atoms with E-state index in [1.54, 1.807) is 9.69 Å². The van der Waals surface area contributed by atoms with Gasteiger partial charge in [0.1, 0.15) is 0 Å². The fourth-order valence-corrected chi connectivity index (χ4v) is 5.77. The Labute approximate surface area is 190 Å². The molecule has 172 valence electrons. The van der Waals surface area contributed by atoms with E-state index in [9.17, 15) is 5.11 Å². The van der Waals surface area contributed by atoms with Gasteiger partial charge in [-0.25, -0.2) is 5.84 Å². The summed E-state index contributed by atoms with van der Waals surface area (Å²) in [5.41, 5.74) is 10.7. The average Bonchev–Trinajstić information content (AvgIpc) is 3.25. The molecule has 0 aromatic carbocycles.